The monoisotopic (exact) mass is 479 g/mol. The number of nitrogens with zero attached hydrogens (tertiary/aromatic N) is 2. The number of hydrogen-bond acceptors (Lipinski definition) is 6. The van der Waals surface area contributed by atoms with Crippen LogP contribution in [-0.4, -0.2) is 69.5 Å². The number of rotatable bonds is 13. The molecule has 0 saturated heterocycles. The number of carbonyl (C=O) groups is 2. The number of aliphatic hydroxyl groups is 1. The van der Waals surface area contributed by atoms with E-state index in [0.717, 1.165) is 23.1 Å². The fraction of sp³-hybridized carbons (Fsp3) is 0.529. The lowest BCUT2D eigenvalue weighted by atomic mass is 10.2. The van der Waals surface area contributed by atoms with Gasteiger partial charge in [0.05, 0.1) is 17.6 Å². The molecule has 0 atom stereocenters. The third kappa shape index (κ3) is 10.5. The molecule has 0 saturated carbocycles. The van der Waals surface area contributed by atoms with Gasteiger partial charge in [0.15, 0.2) is 0 Å². The molecule has 0 heterocycles. The summed E-state index contributed by atoms with van der Waals surface area (Å²) in [5, 5.41) is 19.4. The van der Waals surface area contributed by atoms with Crippen molar-refractivity contribution in [3.05, 3.63) is 35.9 Å². The summed E-state index contributed by atoms with van der Waals surface area (Å²) in [4.78, 5) is 24.8. The van der Waals surface area contributed by atoms with Crippen LogP contribution in [0.3, 0.4) is 0 Å². The lowest BCUT2D eigenvalue weighted by molar-refractivity contribution is -0.137. The quantitative estimate of drug-likeness (QED) is 0.171. The van der Waals surface area contributed by atoms with Gasteiger partial charge in [0.2, 0.25) is 0 Å². The third-order valence-corrected chi connectivity index (χ3v) is 4.51. The molecule has 0 aliphatic heterocycles. The van der Waals surface area contributed by atoms with E-state index in [2.05, 4.69) is 32.9 Å². The van der Waals surface area contributed by atoms with E-state index in [4.69, 9.17) is 14.9 Å². The predicted molar refractivity (Wildman–Crippen MR) is 106 cm³/mol. The van der Waals surface area contributed by atoms with Crippen molar-refractivity contribution in [3.8, 4) is 0 Å². The second-order valence-electron chi connectivity index (χ2n) is 5.62. The van der Waals surface area contributed by atoms with E-state index >= 15 is 0 Å². The van der Waals surface area contributed by atoms with Gasteiger partial charge < -0.3 is 14.9 Å². The Morgan fingerprint density at radius 3 is 2.46 bits per heavy atom. The van der Waals surface area contributed by atoms with Crippen LogP contribution >= 0.6 is 22.6 Å². The Balaban J connectivity index is 2.42. The number of hydrogen-bond donors (Lipinski definition) is 3. The molecule has 0 aliphatic carbocycles. The van der Waals surface area contributed by atoms with Crippen LogP contribution in [0.2, 0.25) is 0 Å². The van der Waals surface area contributed by atoms with Crippen LogP contribution in [0, 0.1) is 0 Å². The number of carboxylic acid groups (broad SMARTS) is 1. The number of carboxylic acids is 1. The first-order chi connectivity index (χ1) is 12.5. The van der Waals surface area contributed by atoms with E-state index in [1.807, 2.05) is 30.3 Å². The molecule has 146 valence electrons. The Morgan fingerprint density at radius 1 is 1.12 bits per heavy atom. The number of amides is 1. The van der Waals surface area contributed by atoms with Crippen LogP contribution in [0.25, 0.3) is 0 Å². The molecule has 1 aromatic carbocycles. The third-order valence-electron chi connectivity index (χ3n) is 3.55. The Hall–Kier alpha value is -1.43. The van der Waals surface area contributed by atoms with Crippen molar-refractivity contribution in [1.82, 2.24) is 15.3 Å². The van der Waals surface area contributed by atoms with Crippen molar-refractivity contribution < 1.29 is 24.5 Å². The second-order valence-corrected chi connectivity index (χ2v) is 6.30. The number of carbonyl (C=O) groups excluding carboxylic acids is 1. The number of alkyl halides is 1. The number of aliphatic hydroxyl groups excluding tert-OH is 1. The molecular formula is C17H26IN3O5. The molecular weight excluding hydrogens is 453 g/mol. The molecule has 9 heteroatoms. The summed E-state index contributed by atoms with van der Waals surface area (Å²) in [6.07, 6.45) is 0.0352. The number of ether oxygens (including phenoxy) is 1. The smallest absolute Gasteiger partial charge is 0.422 e. The van der Waals surface area contributed by atoms with Crippen LogP contribution in [-0.2, 0) is 16.1 Å². The first-order valence-electron chi connectivity index (χ1n) is 8.38. The van der Waals surface area contributed by atoms with Gasteiger partial charge in [-0.25, -0.2) is 9.80 Å². The fourth-order valence-corrected chi connectivity index (χ4v) is 2.88. The Morgan fingerprint density at radius 2 is 1.85 bits per heavy atom. The number of hydrazine groups is 1. The van der Waals surface area contributed by atoms with Gasteiger partial charge in [-0.3, -0.25) is 15.1 Å². The summed E-state index contributed by atoms with van der Waals surface area (Å²) in [6, 6.07) is 9.32. The maximum atomic E-state index is 12.0. The number of nitrogens with one attached hydrogen (secondary N) is 1. The minimum absolute atomic E-state index is 0.0778. The molecule has 1 aromatic rings. The van der Waals surface area contributed by atoms with Gasteiger partial charge in [-0.15, -0.1) is 0 Å². The van der Waals surface area contributed by atoms with E-state index in [-0.39, 0.29) is 26.2 Å². The summed E-state index contributed by atoms with van der Waals surface area (Å²) in [5.74, 6) is -0.927. The fourth-order valence-electron chi connectivity index (χ4n) is 2.20. The SMILES string of the molecule is O=C(O)CCN(CCCN(CI)CCO)NC(=O)OCc1ccccc1. The first-order valence-corrected chi connectivity index (χ1v) is 9.91. The zero-order valence-electron chi connectivity index (χ0n) is 14.6. The molecule has 0 unspecified atom stereocenters. The molecule has 0 aliphatic rings. The lowest BCUT2D eigenvalue weighted by Crippen LogP contribution is -2.44. The average Bonchev–Trinajstić information content (AvgIpc) is 2.64. The molecule has 0 spiro atoms. The van der Waals surface area contributed by atoms with Crippen LogP contribution in [0.5, 0.6) is 0 Å². The van der Waals surface area contributed by atoms with Crippen molar-refractivity contribution >= 4 is 34.7 Å². The molecule has 1 rings (SSSR count). The van der Waals surface area contributed by atoms with Crippen LogP contribution in [0.4, 0.5) is 4.79 Å². The molecule has 8 nitrogen and oxygen atoms in total. The molecule has 0 radical (unpaired) electrons. The minimum Gasteiger partial charge on any atom is -0.481 e. The van der Waals surface area contributed by atoms with Gasteiger partial charge in [0.1, 0.15) is 6.61 Å². The summed E-state index contributed by atoms with van der Waals surface area (Å²) >= 11 is 2.23. The molecule has 0 fully saturated rings. The molecule has 1 amide bonds. The summed E-state index contributed by atoms with van der Waals surface area (Å²) < 4.78 is 5.96. The normalized spacial score (nSPS) is 10.9. The van der Waals surface area contributed by atoms with Crippen LogP contribution < -0.4 is 5.43 Å². The summed E-state index contributed by atoms with van der Waals surface area (Å²) in [7, 11) is 0. The minimum atomic E-state index is -0.927. The molecule has 0 bridgehead atoms. The number of aliphatic carboxylic acids is 1. The Bertz CT molecular complexity index is 532. The maximum absolute atomic E-state index is 12.0. The van der Waals surface area contributed by atoms with Gasteiger partial charge in [-0.05, 0) is 12.0 Å². The molecule has 0 aromatic heterocycles. The van der Waals surface area contributed by atoms with Crippen molar-refractivity contribution in [3.63, 3.8) is 0 Å². The van der Waals surface area contributed by atoms with E-state index in [1.165, 1.54) is 0 Å². The van der Waals surface area contributed by atoms with E-state index < -0.39 is 12.1 Å². The maximum Gasteiger partial charge on any atom is 0.422 e. The molecule has 26 heavy (non-hydrogen) atoms. The first kappa shape index (κ1) is 22.6. The average molecular weight is 479 g/mol. The van der Waals surface area contributed by atoms with Crippen molar-refractivity contribution in [1.29, 1.82) is 0 Å². The largest absolute Gasteiger partial charge is 0.481 e. The summed E-state index contributed by atoms with van der Waals surface area (Å²) in [5.41, 5.74) is 3.48. The number of halogens is 1. The van der Waals surface area contributed by atoms with Crippen LogP contribution in [0.15, 0.2) is 30.3 Å². The second kappa shape index (κ2) is 13.7. The molecule has 3 N–H and O–H groups in total. The highest BCUT2D eigenvalue weighted by Gasteiger charge is 2.13. The van der Waals surface area contributed by atoms with Gasteiger partial charge in [-0.2, -0.15) is 0 Å². The van der Waals surface area contributed by atoms with E-state index in [0.29, 0.717) is 13.1 Å². The van der Waals surface area contributed by atoms with Crippen molar-refractivity contribution in [2.45, 2.75) is 19.4 Å². The van der Waals surface area contributed by atoms with Gasteiger partial charge >= 0.3 is 12.1 Å². The number of benzene rings is 1. The van der Waals surface area contributed by atoms with E-state index in [9.17, 15) is 9.59 Å². The Labute approximate surface area is 167 Å². The van der Waals surface area contributed by atoms with Gasteiger partial charge in [-0.1, -0.05) is 52.9 Å². The topological polar surface area (TPSA) is 102 Å². The zero-order chi connectivity index (χ0) is 19.2. The highest BCUT2D eigenvalue weighted by atomic mass is 127. The predicted octanol–water partition coefficient (Wildman–Crippen LogP) is 1.68. The highest BCUT2D eigenvalue weighted by Crippen LogP contribution is 2.02. The van der Waals surface area contributed by atoms with Crippen molar-refractivity contribution in [2.75, 3.05) is 37.3 Å². The Kier molecular flexibility index (Phi) is 11.9. The zero-order valence-corrected chi connectivity index (χ0v) is 16.8. The summed E-state index contributed by atoms with van der Waals surface area (Å²) in [6.45, 7) is 2.26. The van der Waals surface area contributed by atoms with Gasteiger partial charge in [0, 0.05) is 26.2 Å². The standard InChI is InChI=1S/C17H26IN3O5/c18-14-20(11-12-22)8-4-9-21(10-7-16(23)24)19-17(25)26-13-15-5-2-1-3-6-15/h1-3,5-6,22H,4,7-14H2,(H,19,25)(H,23,24). The van der Waals surface area contributed by atoms with Gasteiger partial charge in [0.25, 0.3) is 0 Å². The highest BCUT2D eigenvalue weighted by molar-refractivity contribution is 14.1. The lowest BCUT2D eigenvalue weighted by Gasteiger charge is -2.24. The van der Waals surface area contributed by atoms with Crippen LogP contribution in [0.1, 0.15) is 18.4 Å². The van der Waals surface area contributed by atoms with E-state index in [1.54, 1.807) is 5.01 Å². The van der Waals surface area contributed by atoms with Crippen molar-refractivity contribution in [2.24, 2.45) is 0 Å².